The summed E-state index contributed by atoms with van der Waals surface area (Å²) in [6.45, 7) is 1.73. The van der Waals surface area contributed by atoms with Crippen LogP contribution in [0.1, 0.15) is 15.9 Å². The fourth-order valence-electron chi connectivity index (χ4n) is 1.31. The van der Waals surface area contributed by atoms with Crippen molar-refractivity contribution in [3.63, 3.8) is 0 Å². The number of hydrogen-bond donors (Lipinski definition) is 1. The number of hydrogen-bond acceptors (Lipinski definition) is 2. The van der Waals surface area contributed by atoms with Crippen molar-refractivity contribution < 1.29 is 9.90 Å². The summed E-state index contributed by atoms with van der Waals surface area (Å²) in [7, 11) is 0. The molecule has 72 valence electrons. The van der Waals surface area contributed by atoms with Gasteiger partial charge in [0, 0.05) is 6.20 Å². The monoisotopic (exact) mass is 210 g/mol. The zero-order valence-corrected chi connectivity index (χ0v) is 8.12. The summed E-state index contributed by atoms with van der Waals surface area (Å²) < 4.78 is 1.54. The number of imidazole rings is 1. The van der Waals surface area contributed by atoms with E-state index >= 15 is 0 Å². The summed E-state index contributed by atoms with van der Waals surface area (Å²) in [5.41, 5.74) is 1.56. The average molecular weight is 211 g/mol. The number of aryl methyl sites for hydroxylation is 1. The fraction of sp³-hybridized carbons (Fsp3) is 0.111. The van der Waals surface area contributed by atoms with Gasteiger partial charge in [-0.05, 0) is 18.6 Å². The smallest absolute Gasteiger partial charge is 0.337 e. The molecule has 0 spiro atoms. The van der Waals surface area contributed by atoms with Crippen molar-refractivity contribution in [2.45, 2.75) is 6.92 Å². The van der Waals surface area contributed by atoms with Crippen molar-refractivity contribution in [3.8, 4) is 0 Å². The van der Waals surface area contributed by atoms with Gasteiger partial charge in [-0.25, -0.2) is 9.78 Å². The van der Waals surface area contributed by atoms with Gasteiger partial charge in [-0.15, -0.1) is 0 Å². The van der Waals surface area contributed by atoms with Crippen LogP contribution in [0.25, 0.3) is 5.65 Å². The predicted molar refractivity (Wildman–Crippen MR) is 51.9 cm³/mol. The van der Waals surface area contributed by atoms with Crippen molar-refractivity contribution in [2.75, 3.05) is 0 Å². The molecule has 2 aromatic rings. The van der Waals surface area contributed by atoms with Crippen LogP contribution >= 0.6 is 11.6 Å². The molecule has 1 N–H and O–H groups in total. The molecular weight excluding hydrogens is 204 g/mol. The van der Waals surface area contributed by atoms with Crippen molar-refractivity contribution in [3.05, 3.63) is 34.7 Å². The first-order valence-corrected chi connectivity index (χ1v) is 4.34. The molecule has 0 aliphatic carbocycles. The van der Waals surface area contributed by atoms with Gasteiger partial charge >= 0.3 is 5.97 Å². The maximum absolute atomic E-state index is 10.8. The maximum atomic E-state index is 10.8. The van der Waals surface area contributed by atoms with Crippen molar-refractivity contribution in [1.82, 2.24) is 9.38 Å². The molecule has 0 saturated heterocycles. The van der Waals surface area contributed by atoms with Crippen molar-refractivity contribution in [1.29, 1.82) is 0 Å². The molecule has 2 aromatic heterocycles. The Hall–Kier alpha value is -1.55. The molecule has 5 heteroatoms. The van der Waals surface area contributed by atoms with Crippen molar-refractivity contribution in [2.24, 2.45) is 0 Å². The Bertz CT molecular complexity index is 519. The van der Waals surface area contributed by atoms with E-state index in [4.69, 9.17) is 16.7 Å². The molecule has 0 bridgehead atoms. The zero-order valence-electron chi connectivity index (χ0n) is 7.36. The maximum Gasteiger partial charge on any atom is 0.337 e. The van der Waals surface area contributed by atoms with Crippen LogP contribution in [-0.2, 0) is 0 Å². The molecule has 0 fully saturated rings. The highest BCUT2D eigenvalue weighted by atomic mass is 35.5. The van der Waals surface area contributed by atoms with E-state index in [1.165, 1.54) is 16.8 Å². The molecule has 0 radical (unpaired) electrons. The summed E-state index contributed by atoms with van der Waals surface area (Å²) in [6.07, 6.45) is 2.96. The van der Waals surface area contributed by atoms with Gasteiger partial charge in [0.1, 0.15) is 10.8 Å². The number of carbonyl (C=O) groups is 1. The SMILES string of the molecule is Cc1cc2ncc(Cl)n2cc1C(=O)O. The molecule has 0 saturated carbocycles. The van der Waals surface area contributed by atoms with E-state index in [-0.39, 0.29) is 5.56 Å². The second-order valence-electron chi connectivity index (χ2n) is 2.98. The molecule has 0 unspecified atom stereocenters. The van der Waals surface area contributed by atoms with Gasteiger partial charge in [0.15, 0.2) is 0 Å². The number of pyridine rings is 1. The Morgan fingerprint density at radius 2 is 2.36 bits per heavy atom. The lowest BCUT2D eigenvalue weighted by Crippen LogP contribution is -2.02. The van der Waals surface area contributed by atoms with Gasteiger partial charge in [0.25, 0.3) is 0 Å². The molecular formula is C9H7ClN2O2. The Labute approximate surface area is 84.8 Å². The lowest BCUT2D eigenvalue weighted by molar-refractivity contribution is 0.0695. The standard InChI is InChI=1S/C9H7ClN2O2/c1-5-2-8-11-3-7(10)12(8)4-6(5)9(13)14/h2-4H,1H3,(H,13,14). The van der Waals surface area contributed by atoms with E-state index < -0.39 is 5.97 Å². The quantitative estimate of drug-likeness (QED) is 0.783. The third kappa shape index (κ3) is 1.24. The summed E-state index contributed by atoms with van der Waals surface area (Å²) in [5.74, 6) is -0.964. The molecule has 0 amide bonds. The Morgan fingerprint density at radius 1 is 1.64 bits per heavy atom. The van der Waals surface area contributed by atoms with E-state index in [2.05, 4.69) is 4.98 Å². The third-order valence-electron chi connectivity index (χ3n) is 2.04. The molecule has 0 aliphatic rings. The first kappa shape index (κ1) is 9.02. The summed E-state index contributed by atoms with van der Waals surface area (Å²) in [5, 5.41) is 9.28. The Balaban J connectivity index is 2.80. The number of aromatic carboxylic acids is 1. The fourth-order valence-corrected chi connectivity index (χ4v) is 1.50. The van der Waals surface area contributed by atoms with E-state index in [1.54, 1.807) is 13.0 Å². The average Bonchev–Trinajstić information content (AvgIpc) is 2.46. The summed E-state index contributed by atoms with van der Waals surface area (Å²) in [6, 6.07) is 1.69. The molecule has 0 aliphatic heterocycles. The Morgan fingerprint density at radius 3 is 3.00 bits per heavy atom. The molecule has 2 rings (SSSR count). The first-order valence-electron chi connectivity index (χ1n) is 3.96. The Kier molecular flexibility index (Phi) is 1.93. The van der Waals surface area contributed by atoms with Gasteiger partial charge in [0.05, 0.1) is 11.8 Å². The van der Waals surface area contributed by atoms with Crippen LogP contribution in [0.4, 0.5) is 0 Å². The van der Waals surface area contributed by atoms with Crippen molar-refractivity contribution >= 4 is 23.2 Å². The largest absolute Gasteiger partial charge is 0.478 e. The normalized spacial score (nSPS) is 10.7. The second kappa shape index (κ2) is 2.99. The number of carboxylic acid groups (broad SMARTS) is 1. The molecule has 2 heterocycles. The van der Waals surface area contributed by atoms with E-state index in [9.17, 15) is 4.79 Å². The molecule has 0 aromatic carbocycles. The first-order chi connectivity index (χ1) is 6.59. The lowest BCUT2D eigenvalue weighted by atomic mass is 10.1. The molecule has 0 atom stereocenters. The van der Waals surface area contributed by atoms with E-state index in [1.807, 2.05) is 0 Å². The van der Waals surface area contributed by atoms with Crippen LogP contribution in [0.5, 0.6) is 0 Å². The van der Waals surface area contributed by atoms with Gasteiger partial charge in [-0.2, -0.15) is 0 Å². The van der Waals surface area contributed by atoms with Crippen LogP contribution in [-0.4, -0.2) is 20.5 Å². The van der Waals surface area contributed by atoms with Crippen LogP contribution in [0.15, 0.2) is 18.5 Å². The topological polar surface area (TPSA) is 54.6 Å². The highest BCUT2D eigenvalue weighted by Gasteiger charge is 2.10. The van der Waals surface area contributed by atoms with Gasteiger partial charge in [-0.3, -0.25) is 4.40 Å². The highest BCUT2D eigenvalue weighted by Crippen LogP contribution is 2.16. The summed E-state index contributed by atoms with van der Waals surface area (Å²) in [4.78, 5) is 14.8. The van der Waals surface area contributed by atoms with Crippen LogP contribution in [0.3, 0.4) is 0 Å². The predicted octanol–water partition coefficient (Wildman–Crippen LogP) is 1.99. The molecule has 14 heavy (non-hydrogen) atoms. The number of aromatic nitrogens is 2. The highest BCUT2D eigenvalue weighted by molar-refractivity contribution is 6.29. The number of rotatable bonds is 1. The third-order valence-corrected chi connectivity index (χ3v) is 2.32. The van der Waals surface area contributed by atoms with Gasteiger partial charge < -0.3 is 5.11 Å². The van der Waals surface area contributed by atoms with Crippen LogP contribution < -0.4 is 0 Å². The number of carboxylic acids is 1. The minimum Gasteiger partial charge on any atom is -0.478 e. The lowest BCUT2D eigenvalue weighted by Gasteiger charge is -2.02. The minimum atomic E-state index is -0.964. The summed E-state index contributed by atoms with van der Waals surface area (Å²) >= 11 is 5.81. The van der Waals surface area contributed by atoms with E-state index in [0.29, 0.717) is 16.4 Å². The van der Waals surface area contributed by atoms with Gasteiger partial charge in [0.2, 0.25) is 0 Å². The van der Waals surface area contributed by atoms with E-state index in [0.717, 1.165) is 0 Å². The number of nitrogens with zero attached hydrogens (tertiary/aromatic N) is 2. The number of fused-ring (bicyclic) bond motifs is 1. The number of halogens is 1. The zero-order chi connectivity index (χ0) is 10.3. The minimum absolute atomic E-state index is 0.234. The van der Waals surface area contributed by atoms with Crippen LogP contribution in [0.2, 0.25) is 5.15 Å². The van der Waals surface area contributed by atoms with Gasteiger partial charge in [-0.1, -0.05) is 11.6 Å². The second-order valence-corrected chi connectivity index (χ2v) is 3.37. The molecule has 4 nitrogen and oxygen atoms in total. The van der Waals surface area contributed by atoms with Crippen LogP contribution in [0, 0.1) is 6.92 Å².